The summed E-state index contributed by atoms with van der Waals surface area (Å²) in [6.07, 6.45) is -5.33. The van der Waals surface area contributed by atoms with Gasteiger partial charge in [-0.1, -0.05) is 41.4 Å². The molecule has 1 aromatic carbocycles. The first-order valence-corrected chi connectivity index (χ1v) is 9.09. The van der Waals surface area contributed by atoms with Gasteiger partial charge in [0.15, 0.2) is 5.78 Å². The van der Waals surface area contributed by atoms with Crippen molar-refractivity contribution in [2.24, 2.45) is 5.92 Å². The number of halogens is 5. The zero-order valence-corrected chi connectivity index (χ0v) is 15.5. The predicted molar refractivity (Wildman–Crippen MR) is 94.0 cm³/mol. The van der Waals surface area contributed by atoms with Crippen LogP contribution >= 0.6 is 34.5 Å². The van der Waals surface area contributed by atoms with Crippen molar-refractivity contribution in [3.63, 3.8) is 0 Å². The summed E-state index contributed by atoms with van der Waals surface area (Å²) in [4.78, 5) is 24.8. The van der Waals surface area contributed by atoms with Crippen molar-refractivity contribution in [3.8, 4) is 0 Å². The second kappa shape index (κ2) is 6.97. The van der Waals surface area contributed by atoms with Gasteiger partial charge < -0.3 is 15.7 Å². The van der Waals surface area contributed by atoms with Crippen LogP contribution in [0.3, 0.4) is 0 Å². The van der Waals surface area contributed by atoms with Gasteiger partial charge >= 0.3 is 12.2 Å². The molecule has 3 N–H and O–H groups in total. The molecule has 0 spiro atoms. The molecule has 1 aromatic heterocycles. The van der Waals surface area contributed by atoms with Crippen molar-refractivity contribution in [3.05, 3.63) is 56.2 Å². The Balaban J connectivity index is 2.21. The van der Waals surface area contributed by atoms with Crippen LogP contribution in [0.4, 0.5) is 18.0 Å². The van der Waals surface area contributed by atoms with Crippen LogP contribution in [0, 0.1) is 5.92 Å². The maximum atomic E-state index is 13.7. The van der Waals surface area contributed by atoms with Gasteiger partial charge in [0.1, 0.15) is 5.92 Å². The number of alkyl halides is 3. The van der Waals surface area contributed by atoms with Crippen LogP contribution in [0.5, 0.6) is 0 Å². The van der Waals surface area contributed by atoms with Gasteiger partial charge in [0.05, 0.1) is 21.0 Å². The predicted octanol–water partition coefficient (Wildman–Crippen LogP) is 4.16. The fourth-order valence-electron chi connectivity index (χ4n) is 2.93. The molecule has 0 unspecified atom stereocenters. The third kappa shape index (κ3) is 3.40. The molecule has 2 aromatic rings. The molecule has 1 aliphatic heterocycles. The Morgan fingerprint density at radius 1 is 1.22 bits per heavy atom. The molecule has 0 radical (unpaired) electrons. The van der Waals surface area contributed by atoms with E-state index >= 15 is 0 Å². The largest absolute Gasteiger partial charge is 0.437 e. The molecule has 2 amide bonds. The Morgan fingerprint density at radius 2 is 1.93 bits per heavy atom. The summed E-state index contributed by atoms with van der Waals surface area (Å²) in [6.45, 7) is 0. The summed E-state index contributed by atoms with van der Waals surface area (Å²) in [5, 5.41) is 15.5. The number of carbonyl (C=O) groups is 2. The Morgan fingerprint density at radius 3 is 2.52 bits per heavy atom. The summed E-state index contributed by atoms with van der Waals surface area (Å²) in [5.41, 5.74) is -3.82. The maximum Gasteiger partial charge on any atom is 0.437 e. The second-order valence-corrected chi connectivity index (χ2v) is 7.54. The average molecular weight is 439 g/mol. The number of thiophene rings is 1. The second-order valence-electron chi connectivity index (χ2n) is 5.80. The quantitative estimate of drug-likeness (QED) is 0.629. The lowest BCUT2D eigenvalue weighted by Crippen LogP contribution is -2.72. The normalized spacial score (nSPS) is 25.6. The van der Waals surface area contributed by atoms with Gasteiger partial charge in [0, 0.05) is 0 Å². The van der Waals surface area contributed by atoms with E-state index < -0.39 is 35.7 Å². The number of rotatable bonds is 3. The number of ketones is 1. The van der Waals surface area contributed by atoms with Crippen molar-refractivity contribution in [2.45, 2.75) is 17.9 Å². The van der Waals surface area contributed by atoms with Crippen LogP contribution in [-0.2, 0) is 0 Å². The minimum atomic E-state index is -5.33. The molecule has 5 nitrogen and oxygen atoms in total. The zero-order valence-electron chi connectivity index (χ0n) is 13.2. The number of amides is 2. The first kappa shape index (κ1) is 19.9. The van der Waals surface area contributed by atoms with Crippen LogP contribution in [-0.4, -0.2) is 28.8 Å². The highest BCUT2D eigenvalue weighted by Crippen LogP contribution is 2.46. The molecule has 1 aliphatic rings. The average Bonchev–Trinajstić information content (AvgIpc) is 3.10. The van der Waals surface area contributed by atoms with Gasteiger partial charge in [-0.2, -0.15) is 13.2 Å². The van der Waals surface area contributed by atoms with E-state index in [0.717, 1.165) is 11.3 Å². The van der Waals surface area contributed by atoms with Gasteiger partial charge in [-0.05, 0) is 23.1 Å². The van der Waals surface area contributed by atoms with Crippen molar-refractivity contribution in [1.82, 2.24) is 10.6 Å². The van der Waals surface area contributed by atoms with Crippen molar-refractivity contribution in [1.29, 1.82) is 0 Å². The Bertz CT molecular complexity index is 892. The van der Waals surface area contributed by atoms with Crippen LogP contribution in [0.15, 0.2) is 35.7 Å². The van der Waals surface area contributed by atoms with E-state index in [1.165, 1.54) is 41.0 Å². The van der Waals surface area contributed by atoms with E-state index in [4.69, 9.17) is 23.2 Å². The smallest absolute Gasteiger partial charge is 0.363 e. The van der Waals surface area contributed by atoms with Gasteiger partial charge in [-0.15, -0.1) is 11.3 Å². The summed E-state index contributed by atoms with van der Waals surface area (Å²) in [6, 6.07) is 4.10. The van der Waals surface area contributed by atoms with Crippen LogP contribution < -0.4 is 10.6 Å². The lowest BCUT2D eigenvalue weighted by Gasteiger charge is -2.45. The number of benzene rings is 1. The highest BCUT2D eigenvalue weighted by molar-refractivity contribution is 7.12. The van der Waals surface area contributed by atoms with E-state index in [9.17, 15) is 27.9 Å². The lowest BCUT2D eigenvalue weighted by molar-refractivity contribution is -0.287. The molecule has 1 fully saturated rings. The van der Waals surface area contributed by atoms with E-state index in [2.05, 4.69) is 5.32 Å². The summed E-state index contributed by atoms with van der Waals surface area (Å²) >= 11 is 12.9. The molecule has 3 atom stereocenters. The Hall–Kier alpha value is -1.81. The molecule has 0 saturated carbocycles. The molecule has 2 heterocycles. The fourth-order valence-corrected chi connectivity index (χ4v) is 4.06. The summed E-state index contributed by atoms with van der Waals surface area (Å²) in [7, 11) is 0. The molecule has 27 heavy (non-hydrogen) atoms. The van der Waals surface area contributed by atoms with Gasteiger partial charge in [-0.3, -0.25) is 4.79 Å². The van der Waals surface area contributed by atoms with Crippen LogP contribution in [0.2, 0.25) is 10.0 Å². The van der Waals surface area contributed by atoms with Crippen molar-refractivity contribution >= 4 is 46.4 Å². The number of nitrogens with one attached hydrogen (secondary N) is 2. The zero-order chi connectivity index (χ0) is 20.0. The number of aliphatic hydroxyl groups is 1. The molecule has 11 heteroatoms. The van der Waals surface area contributed by atoms with E-state index in [-0.39, 0.29) is 20.5 Å². The number of carbonyl (C=O) groups excluding carboxylic acids is 2. The summed E-state index contributed by atoms with van der Waals surface area (Å²) in [5.74, 6) is -3.14. The molecule has 0 bridgehead atoms. The molecular formula is C16H11Cl2F3N2O3S. The minimum absolute atomic E-state index is 0.0104. The lowest BCUT2D eigenvalue weighted by atomic mass is 9.78. The molecular weight excluding hydrogens is 428 g/mol. The van der Waals surface area contributed by atoms with Crippen molar-refractivity contribution in [2.75, 3.05) is 0 Å². The summed E-state index contributed by atoms with van der Waals surface area (Å²) < 4.78 is 41.2. The standard InChI is InChI=1S/C16H11Cl2F3N2O3S/c17-8-4-1-3-7(11(8)18)12-10(13(24)9-5-2-6-27-9)15(26,16(19,20)21)23-14(25)22-12/h1-6,10,12,26H,(H2,22,23,25)/t10-,12-,15+/m1/s1. The number of hydrogen-bond acceptors (Lipinski definition) is 4. The van der Waals surface area contributed by atoms with Gasteiger partial charge in [-0.25, -0.2) is 4.79 Å². The highest BCUT2D eigenvalue weighted by Gasteiger charge is 2.66. The third-order valence-electron chi connectivity index (χ3n) is 4.17. The van der Waals surface area contributed by atoms with Crippen LogP contribution in [0.1, 0.15) is 21.3 Å². The molecule has 1 saturated heterocycles. The Kier molecular flexibility index (Phi) is 5.15. The fraction of sp³-hybridized carbons (Fsp3) is 0.250. The number of Topliss-reactive ketones (excluding diaryl/α,β-unsaturated/α-hetero) is 1. The maximum absolute atomic E-state index is 13.7. The molecule has 3 rings (SSSR count). The molecule has 0 aliphatic carbocycles. The Labute approximate surface area is 165 Å². The van der Waals surface area contributed by atoms with E-state index in [1.807, 2.05) is 0 Å². The van der Waals surface area contributed by atoms with Crippen molar-refractivity contribution < 1.29 is 27.9 Å². The molecule has 144 valence electrons. The third-order valence-corrected chi connectivity index (χ3v) is 5.89. The van der Waals surface area contributed by atoms with E-state index in [1.54, 1.807) is 0 Å². The van der Waals surface area contributed by atoms with Crippen LogP contribution in [0.25, 0.3) is 0 Å². The van der Waals surface area contributed by atoms with Gasteiger partial charge in [0.2, 0.25) is 5.72 Å². The van der Waals surface area contributed by atoms with Gasteiger partial charge in [0.25, 0.3) is 0 Å². The number of hydrogen-bond donors (Lipinski definition) is 3. The minimum Gasteiger partial charge on any atom is -0.363 e. The first-order valence-electron chi connectivity index (χ1n) is 7.45. The number of urea groups is 1. The van der Waals surface area contributed by atoms with E-state index in [0.29, 0.717) is 0 Å². The monoisotopic (exact) mass is 438 g/mol. The highest BCUT2D eigenvalue weighted by atomic mass is 35.5. The topological polar surface area (TPSA) is 78.4 Å². The first-order chi connectivity index (χ1) is 12.6. The SMILES string of the molecule is O=C1N[C@H](c2cccc(Cl)c2Cl)[C@H](C(=O)c2cccs2)[C@](O)(C(F)(F)F)N1.